The molecule has 28 heavy (non-hydrogen) atoms. The third-order valence-corrected chi connectivity index (χ3v) is 6.25. The van der Waals surface area contributed by atoms with E-state index in [1.165, 1.54) is 0 Å². The van der Waals surface area contributed by atoms with E-state index < -0.39 is 11.8 Å². The quantitative estimate of drug-likeness (QED) is 0.834. The number of amides is 2. The van der Waals surface area contributed by atoms with Gasteiger partial charge < -0.3 is 14.8 Å². The molecule has 0 unspecified atom stereocenters. The summed E-state index contributed by atoms with van der Waals surface area (Å²) in [4.78, 5) is 28.1. The van der Waals surface area contributed by atoms with Crippen LogP contribution in [0.25, 0.3) is 0 Å². The zero-order valence-electron chi connectivity index (χ0n) is 16.0. The molecule has 1 aliphatic carbocycles. The molecule has 6 nitrogen and oxygen atoms in total. The summed E-state index contributed by atoms with van der Waals surface area (Å²) in [6.45, 7) is 1.45. The van der Waals surface area contributed by atoms with Gasteiger partial charge in [0.1, 0.15) is 11.8 Å². The van der Waals surface area contributed by atoms with Crippen molar-refractivity contribution in [3.8, 4) is 0 Å². The smallest absolute Gasteiger partial charge is 0.256 e. The van der Waals surface area contributed by atoms with Gasteiger partial charge in [-0.2, -0.15) is 0 Å². The molecule has 4 rings (SSSR count). The fourth-order valence-electron chi connectivity index (χ4n) is 4.57. The molecule has 2 aliphatic heterocycles. The van der Waals surface area contributed by atoms with Crippen molar-refractivity contribution in [2.75, 3.05) is 19.8 Å². The summed E-state index contributed by atoms with van der Waals surface area (Å²) in [6, 6.07) is 6.25. The van der Waals surface area contributed by atoms with Crippen LogP contribution in [0.3, 0.4) is 0 Å². The van der Waals surface area contributed by atoms with Crippen LogP contribution in [-0.2, 0) is 14.3 Å². The fourth-order valence-corrected chi connectivity index (χ4v) is 4.76. The summed E-state index contributed by atoms with van der Waals surface area (Å²) in [6.07, 6.45) is 6.66. The highest BCUT2D eigenvalue weighted by Crippen LogP contribution is 2.41. The van der Waals surface area contributed by atoms with Crippen LogP contribution in [0.4, 0.5) is 0 Å². The molecular weight excluding hydrogens is 380 g/mol. The molecule has 152 valence electrons. The topological polar surface area (TPSA) is 67.9 Å². The minimum Gasteiger partial charge on any atom is -0.376 e. The molecule has 2 heterocycles. The molecule has 3 fully saturated rings. The van der Waals surface area contributed by atoms with Crippen molar-refractivity contribution in [2.24, 2.45) is 0 Å². The van der Waals surface area contributed by atoms with Crippen molar-refractivity contribution in [1.29, 1.82) is 0 Å². The van der Waals surface area contributed by atoms with E-state index >= 15 is 0 Å². The van der Waals surface area contributed by atoms with E-state index in [0.29, 0.717) is 17.1 Å². The number of ether oxygens (including phenoxy) is 2. The number of nitrogens with zero attached hydrogens (tertiary/aromatic N) is 1. The summed E-state index contributed by atoms with van der Waals surface area (Å²) < 4.78 is 11.7. The number of hydrogen-bond donors (Lipinski definition) is 1. The van der Waals surface area contributed by atoms with Crippen LogP contribution in [0, 0.1) is 0 Å². The van der Waals surface area contributed by atoms with Crippen molar-refractivity contribution >= 4 is 23.4 Å². The summed E-state index contributed by atoms with van der Waals surface area (Å²) in [5.41, 5.74) is -0.205. The maximum absolute atomic E-state index is 13.4. The Morgan fingerprint density at radius 1 is 1.21 bits per heavy atom. The molecule has 7 heteroatoms. The maximum atomic E-state index is 13.4. The highest BCUT2D eigenvalue weighted by molar-refractivity contribution is 6.31. The Balaban J connectivity index is 1.55. The number of rotatable bonds is 4. The van der Waals surface area contributed by atoms with E-state index in [0.717, 1.165) is 51.6 Å². The third-order valence-electron chi connectivity index (χ3n) is 6.02. The summed E-state index contributed by atoms with van der Waals surface area (Å²) in [5.74, 6) is -0.368. The Morgan fingerprint density at radius 2 is 2.04 bits per heavy atom. The van der Waals surface area contributed by atoms with Crippen molar-refractivity contribution in [3.63, 3.8) is 0 Å². The lowest BCUT2D eigenvalue weighted by molar-refractivity contribution is -0.127. The Hall–Kier alpha value is -1.63. The van der Waals surface area contributed by atoms with E-state index in [9.17, 15) is 9.59 Å². The van der Waals surface area contributed by atoms with Gasteiger partial charge in [0.25, 0.3) is 5.91 Å². The van der Waals surface area contributed by atoms with Crippen LogP contribution in [0.2, 0.25) is 5.02 Å². The van der Waals surface area contributed by atoms with Gasteiger partial charge in [0.15, 0.2) is 0 Å². The molecule has 1 spiro atoms. The summed E-state index contributed by atoms with van der Waals surface area (Å²) in [7, 11) is 0. The monoisotopic (exact) mass is 406 g/mol. The van der Waals surface area contributed by atoms with Gasteiger partial charge in [0.05, 0.1) is 12.7 Å². The zero-order chi connectivity index (χ0) is 19.6. The second kappa shape index (κ2) is 8.39. The van der Waals surface area contributed by atoms with Crippen LogP contribution in [-0.4, -0.2) is 54.3 Å². The SMILES string of the molecule is O=C(NC[C@H]1CCCO1)[C@@H]1COC2(CCCCC2)N1C(=O)c1cccc(Cl)c1. The van der Waals surface area contributed by atoms with E-state index in [-0.39, 0.29) is 24.5 Å². The predicted octanol–water partition coefficient (Wildman–Crippen LogP) is 3.14. The highest BCUT2D eigenvalue weighted by atomic mass is 35.5. The standard InChI is InChI=1S/C21H27ClN2O4/c22-16-7-4-6-15(12-16)20(26)24-18(14-28-21(24)9-2-1-3-10-21)19(25)23-13-17-8-5-11-27-17/h4,6-7,12,17-18H,1-3,5,8-11,13-14H2,(H,23,25)/t17-,18+/m1/s1. The molecule has 1 aromatic carbocycles. The average Bonchev–Trinajstić information content (AvgIpc) is 3.35. The van der Waals surface area contributed by atoms with Crippen LogP contribution < -0.4 is 5.32 Å². The summed E-state index contributed by atoms with van der Waals surface area (Å²) in [5, 5.41) is 3.48. The van der Waals surface area contributed by atoms with Gasteiger partial charge in [-0.25, -0.2) is 0 Å². The van der Waals surface area contributed by atoms with Gasteiger partial charge in [-0.15, -0.1) is 0 Å². The van der Waals surface area contributed by atoms with E-state index in [1.807, 2.05) is 0 Å². The molecule has 2 atom stereocenters. The van der Waals surface area contributed by atoms with Crippen LogP contribution in [0.1, 0.15) is 55.3 Å². The highest BCUT2D eigenvalue weighted by Gasteiger charge is 2.53. The minimum atomic E-state index is -0.691. The average molecular weight is 407 g/mol. The Bertz CT molecular complexity index is 729. The number of benzene rings is 1. The first-order valence-corrected chi connectivity index (χ1v) is 10.6. The van der Waals surface area contributed by atoms with Crippen molar-refractivity contribution in [2.45, 2.75) is 62.8 Å². The second-order valence-electron chi connectivity index (χ2n) is 7.90. The molecule has 3 aliphatic rings. The van der Waals surface area contributed by atoms with Gasteiger partial charge in [-0.3, -0.25) is 14.5 Å². The Labute approximate surface area is 170 Å². The number of nitrogens with one attached hydrogen (secondary N) is 1. The molecule has 0 bridgehead atoms. The Morgan fingerprint density at radius 3 is 2.75 bits per heavy atom. The molecule has 2 saturated heterocycles. The lowest BCUT2D eigenvalue weighted by atomic mass is 9.89. The first-order chi connectivity index (χ1) is 13.6. The van der Waals surface area contributed by atoms with Crippen LogP contribution >= 0.6 is 11.6 Å². The number of hydrogen-bond acceptors (Lipinski definition) is 4. The normalized spacial score (nSPS) is 26.5. The molecule has 1 N–H and O–H groups in total. The van der Waals surface area contributed by atoms with E-state index in [4.69, 9.17) is 21.1 Å². The van der Waals surface area contributed by atoms with Gasteiger partial charge in [-0.1, -0.05) is 24.1 Å². The lowest BCUT2D eigenvalue weighted by Crippen LogP contribution is -2.56. The van der Waals surface area contributed by atoms with Crippen molar-refractivity contribution in [1.82, 2.24) is 10.2 Å². The van der Waals surface area contributed by atoms with E-state index in [1.54, 1.807) is 29.2 Å². The molecule has 1 aromatic rings. The molecular formula is C21H27ClN2O4. The first kappa shape index (κ1) is 19.7. The fraction of sp³-hybridized carbons (Fsp3) is 0.619. The van der Waals surface area contributed by atoms with Gasteiger partial charge in [-0.05, 0) is 56.7 Å². The molecule has 2 amide bonds. The maximum Gasteiger partial charge on any atom is 0.256 e. The molecule has 0 radical (unpaired) electrons. The number of halogens is 1. The van der Waals surface area contributed by atoms with Crippen LogP contribution in [0.15, 0.2) is 24.3 Å². The third kappa shape index (κ3) is 3.91. The zero-order valence-corrected chi connectivity index (χ0v) is 16.7. The molecule has 1 saturated carbocycles. The van der Waals surface area contributed by atoms with Gasteiger partial charge in [0.2, 0.25) is 5.91 Å². The lowest BCUT2D eigenvalue weighted by Gasteiger charge is -2.41. The van der Waals surface area contributed by atoms with Crippen molar-refractivity contribution in [3.05, 3.63) is 34.9 Å². The largest absolute Gasteiger partial charge is 0.376 e. The van der Waals surface area contributed by atoms with Gasteiger partial charge in [0, 0.05) is 23.7 Å². The molecule has 0 aromatic heterocycles. The van der Waals surface area contributed by atoms with Crippen molar-refractivity contribution < 1.29 is 19.1 Å². The number of carbonyl (C=O) groups excluding carboxylic acids is 2. The van der Waals surface area contributed by atoms with E-state index in [2.05, 4.69) is 5.32 Å². The van der Waals surface area contributed by atoms with Gasteiger partial charge >= 0.3 is 0 Å². The minimum absolute atomic E-state index is 0.0620. The Kier molecular flexibility index (Phi) is 5.90. The summed E-state index contributed by atoms with van der Waals surface area (Å²) >= 11 is 6.10. The number of carbonyl (C=O) groups is 2. The second-order valence-corrected chi connectivity index (χ2v) is 8.34. The predicted molar refractivity (Wildman–Crippen MR) is 105 cm³/mol. The first-order valence-electron chi connectivity index (χ1n) is 10.2. The van der Waals surface area contributed by atoms with Crippen LogP contribution in [0.5, 0.6) is 0 Å².